The van der Waals surface area contributed by atoms with Gasteiger partial charge < -0.3 is 9.80 Å². The molecule has 0 aromatic heterocycles. The monoisotopic (exact) mass is 489 g/mol. The minimum atomic E-state index is -3.70. The molecule has 3 aromatic rings. The molecule has 6 nitrogen and oxygen atoms in total. The van der Waals surface area contributed by atoms with Crippen LogP contribution in [0.3, 0.4) is 0 Å². The van der Waals surface area contributed by atoms with Gasteiger partial charge in [0.05, 0.1) is 4.90 Å². The quantitative estimate of drug-likeness (QED) is 0.554. The molecule has 0 N–H and O–H groups in total. The number of fused-ring (bicyclic) bond motifs is 1. The average molecular weight is 490 g/mol. The first-order valence-corrected chi connectivity index (χ1v) is 13.6. The minimum Gasteiger partial charge on any atom is -0.365 e. The van der Waals surface area contributed by atoms with Crippen LogP contribution >= 0.6 is 0 Å². The fraction of sp³-hybridized carbons (Fsp3) is 0.321. The van der Waals surface area contributed by atoms with E-state index >= 15 is 0 Å². The van der Waals surface area contributed by atoms with E-state index in [1.807, 2.05) is 23.1 Å². The first kappa shape index (κ1) is 23.6. The van der Waals surface area contributed by atoms with Gasteiger partial charge in [-0.15, -0.1) is 0 Å². The number of benzene rings is 3. The molecule has 2 heterocycles. The number of carbonyl (C=O) groups is 1. The second-order valence-electron chi connectivity index (χ2n) is 9.52. The van der Waals surface area contributed by atoms with Crippen LogP contribution in [-0.2, 0) is 23.0 Å². The summed E-state index contributed by atoms with van der Waals surface area (Å²) in [6.07, 6.45) is 0.692. The highest BCUT2D eigenvalue weighted by Gasteiger charge is 2.31. The number of carbonyl (C=O) groups excluding carboxylic acids is 1. The molecule has 0 aliphatic carbocycles. The lowest BCUT2D eigenvalue weighted by molar-refractivity contribution is 0.0726. The Kier molecular flexibility index (Phi) is 6.38. The Bertz CT molecular complexity index is 1350. The summed E-state index contributed by atoms with van der Waals surface area (Å²) in [5.74, 6) is -0.123. The summed E-state index contributed by atoms with van der Waals surface area (Å²) in [6, 6.07) is 23.0. The van der Waals surface area contributed by atoms with E-state index in [1.54, 1.807) is 18.2 Å². The van der Waals surface area contributed by atoms with Gasteiger partial charge >= 0.3 is 0 Å². The van der Waals surface area contributed by atoms with Gasteiger partial charge in [-0.2, -0.15) is 4.31 Å². The number of sulfonamides is 1. The fourth-order valence-corrected chi connectivity index (χ4v) is 6.59. The van der Waals surface area contributed by atoms with Gasteiger partial charge in [-0.1, -0.05) is 42.5 Å². The van der Waals surface area contributed by atoms with Crippen molar-refractivity contribution in [1.29, 1.82) is 0 Å². The topological polar surface area (TPSA) is 60.9 Å². The first-order chi connectivity index (χ1) is 16.8. The molecule has 7 heteroatoms. The van der Waals surface area contributed by atoms with E-state index in [-0.39, 0.29) is 16.8 Å². The third-order valence-corrected chi connectivity index (χ3v) is 8.90. The smallest absolute Gasteiger partial charge is 0.254 e. The van der Waals surface area contributed by atoms with Gasteiger partial charge in [0, 0.05) is 50.0 Å². The second kappa shape index (κ2) is 9.47. The Morgan fingerprint density at radius 3 is 2.43 bits per heavy atom. The van der Waals surface area contributed by atoms with E-state index in [9.17, 15) is 13.2 Å². The van der Waals surface area contributed by atoms with E-state index in [0.717, 1.165) is 12.1 Å². The van der Waals surface area contributed by atoms with Crippen LogP contribution in [0.1, 0.15) is 34.0 Å². The van der Waals surface area contributed by atoms with Crippen molar-refractivity contribution in [2.75, 3.05) is 31.1 Å². The van der Waals surface area contributed by atoms with Crippen molar-refractivity contribution in [3.05, 3.63) is 95.1 Å². The molecular weight excluding hydrogens is 458 g/mol. The third kappa shape index (κ3) is 4.70. The van der Waals surface area contributed by atoms with E-state index in [4.69, 9.17) is 0 Å². The number of aryl methyl sites for hydroxylation is 1. The summed E-state index contributed by atoms with van der Waals surface area (Å²) in [6.45, 7) is 6.92. The van der Waals surface area contributed by atoms with Crippen LogP contribution in [0.2, 0.25) is 0 Å². The molecule has 1 saturated heterocycles. The van der Waals surface area contributed by atoms with Crippen LogP contribution in [0.5, 0.6) is 0 Å². The van der Waals surface area contributed by atoms with E-state index < -0.39 is 10.0 Å². The number of piperazine rings is 1. The Labute approximate surface area is 207 Å². The highest BCUT2D eigenvalue weighted by atomic mass is 32.2. The third-order valence-electron chi connectivity index (χ3n) is 7.06. The predicted octanol–water partition coefficient (Wildman–Crippen LogP) is 4.09. The zero-order chi connectivity index (χ0) is 24.6. The van der Waals surface area contributed by atoms with E-state index in [0.29, 0.717) is 38.2 Å². The van der Waals surface area contributed by atoms with Gasteiger partial charge in [0.1, 0.15) is 0 Å². The number of amides is 1. The Morgan fingerprint density at radius 1 is 0.886 bits per heavy atom. The maximum absolute atomic E-state index is 13.4. The Balaban J connectivity index is 1.31. The van der Waals surface area contributed by atoms with Crippen molar-refractivity contribution in [1.82, 2.24) is 9.21 Å². The van der Waals surface area contributed by atoms with Crippen LogP contribution in [0.4, 0.5) is 5.69 Å². The summed E-state index contributed by atoms with van der Waals surface area (Å²) in [4.78, 5) is 17.7. The van der Waals surface area contributed by atoms with Gasteiger partial charge in [0.25, 0.3) is 5.91 Å². The van der Waals surface area contributed by atoms with Crippen LogP contribution in [0.25, 0.3) is 0 Å². The molecule has 35 heavy (non-hydrogen) atoms. The van der Waals surface area contributed by atoms with Crippen molar-refractivity contribution in [3.8, 4) is 0 Å². The molecule has 2 aliphatic heterocycles. The molecule has 1 atom stereocenters. The molecular formula is C28H31N3O3S. The average Bonchev–Trinajstić information content (AvgIpc) is 2.88. The van der Waals surface area contributed by atoms with Crippen LogP contribution in [0.15, 0.2) is 77.7 Å². The number of anilines is 1. The lowest BCUT2D eigenvalue weighted by Crippen LogP contribution is -2.53. The summed E-state index contributed by atoms with van der Waals surface area (Å²) in [5.41, 5.74) is 5.03. The van der Waals surface area contributed by atoms with E-state index in [2.05, 4.69) is 49.1 Å². The van der Waals surface area contributed by atoms with Crippen molar-refractivity contribution < 1.29 is 13.2 Å². The molecule has 182 valence electrons. The molecule has 0 bridgehead atoms. The lowest BCUT2D eigenvalue weighted by Gasteiger charge is -2.41. The van der Waals surface area contributed by atoms with Gasteiger partial charge in [-0.05, 0) is 67.3 Å². The van der Waals surface area contributed by atoms with E-state index in [1.165, 1.54) is 27.2 Å². The number of rotatable bonds is 4. The molecule has 0 spiro atoms. The Morgan fingerprint density at radius 2 is 1.66 bits per heavy atom. The van der Waals surface area contributed by atoms with Crippen LogP contribution in [0, 0.1) is 6.92 Å². The van der Waals surface area contributed by atoms with Gasteiger partial charge in [0.15, 0.2) is 0 Å². The number of hydrogen-bond donors (Lipinski definition) is 0. The van der Waals surface area contributed by atoms with Crippen molar-refractivity contribution >= 4 is 21.6 Å². The molecule has 1 amide bonds. The standard InChI is InChI=1S/C28H31N3O3S/c1-21-7-5-11-26(17-21)31-16-15-29(19-22(31)2)28(32)24-10-6-12-27(18-24)35(33,34)30-14-13-23-8-3-4-9-25(23)20-30/h3-12,17-18,22H,13-16,19-20H2,1-2H3/t22-/m0/s1. The molecule has 5 rings (SSSR count). The van der Waals surface area contributed by atoms with Crippen molar-refractivity contribution in [3.63, 3.8) is 0 Å². The van der Waals surface area contributed by atoms with Gasteiger partial charge in [-0.3, -0.25) is 4.79 Å². The summed E-state index contributed by atoms with van der Waals surface area (Å²) in [5, 5.41) is 0. The van der Waals surface area contributed by atoms with Crippen molar-refractivity contribution in [2.24, 2.45) is 0 Å². The fourth-order valence-electron chi connectivity index (χ4n) is 5.13. The number of hydrogen-bond acceptors (Lipinski definition) is 4. The van der Waals surface area contributed by atoms with Crippen molar-refractivity contribution in [2.45, 2.75) is 37.8 Å². The Hall–Kier alpha value is -3.16. The highest BCUT2D eigenvalue weighted by molar-refractivity contribution is 7.89. The minimum absolute atomic E-state index is 0.123. The van der Waals surface area contributed by atoms with Gasteiger partial charge in [-0.25, -0.2) is 8.42 Å². The summed E-state index contributed by atoms with van der Waals surface area (Å²) < 4.78 is 28.4. The molecule has 0 radical (unpaired) electrons. The highest BCUT2D eigenvalue weighted by Crippen LogP contribution is 2.26. The first-order valence-electron chi connectivity index (χ1n) is 12.1. The summed E-state index contributed by atoms with van der Waals surface area (Å²) >= 11 is 0. The largest absolute Gasteiger partial charge is 0.365 e. The lowest BCUT2D eigenvalue weighted by atomic mass is 10.0. The summed E-state index contributed by atoms with van der Waals surface area (Å²) in [7, 11) is -3.70. The second-order valence-corrected chi connectivity index (χ2v) is 11.5. The van der Waals surface area contributed by atoms with Crippen LogP contribution in [-0.4, -0.2) is 55.8 Å². The SMILES string of the molecule is Cc1cccc(N2CCN(C(=O)c3cccc(S(=O)(=O)N4CCc5ccccc5C4)c3)C[C@@H]2C)c1. The van der Waals surface area contributed by atoms with Crippen LogP contribution < -0.4 is 4.90 Å². The zero-order valence-electron chi connectivity index (χ0n) is 20.2. The molecule has 2 aliphatic rings. The molecule has 1 fully saturated rings. The maximum Gasteiger partial charge on any atom is 0.254 e. The predicted molar refractivity (Wildman–Crippen MR) is 138 cm³/mol. The zero-order valence-corrected chi connectivity index (χ0v) is 21.0. The normalized spacial score (nSPS) is 18.9. The molecule has 3 aromatic carbocycles. The number of nitrogens with zero attached hydrogens (tertiary/aromatic N) is 3. The maximum atomic E-state index is 13.4. The van der Waals surface area contributed by atoms with Gasteiger partial charge in [0.2, 0.25) is 10.0 Å². The molecule has 0 unspecified atom stereocenters. The molecule has 0 saturated carbocycles.